The topological polar surface area (TPSA) is 59.0 Å². The van der Waals surface area contributed by atoms with Gasteiger partial charge in [-0.2, -0.15) is 0 Å². The lowest BCUT2D eigenvalue weighted by atomic mass is 9.99. The van der Waals surface area contributed by atoms with Crippen molar-refractivity contribution in [2.45, 2.75) is 46.6 Å². The number of ether oxygens (including phenoxy) is 2. The molecule has 1 N–H and O–H groups in total. The van der Waals surface area contributed by atoms with Crippen LogP contribution in [0.5, 0.6) is 11.5 Å². The van der Waals surface area contributed by atoms with Crippen LogP contribution in [0.4, 0.5) is 0 Å². The van der Waals surface area contributed by atoms with E-state index in [1.54, 1.807) is 25.6 Å². The first-order chi connectivity index (χ1) is 14.1. The number of methoxy groups -OCH3 is 2. The highest BCUT2D eigenvalue weighted by atomic mass is 32.1. The van der Waals surface area contributed by atoms with Crippen LogP contribution in [0.15, 0.2) is 17.1 Å². The molecule has 2 heterocycles. The fraction of sp³-hybridized carbons (Fsp3) is 0.545. The molecular formula is C22H32N4O2S. The molecule has 0 aliphatic carbocycles. The lowest BCUT2D eigenvalue weighted by molar-refractivity contribution is 0.346. The van der Waals surface area contributed by atoms with Gasteiger partial charge in [-0.05, 0) is 49.9 Å². The van der Waals surface area contributed by atoms with Gasteiger partial charge in [0.2, 0.25) is 0 Å². The van der Waals surface area contributed by atoms with Crippen LogP contribution in [-0.2, 0) is 25.8 Å². The Morgan fingerprint density at radius 1 is 1.21 bits per heavy atom. The van der Waals surface area contributed by atoms with Crippen molar-refractivity contribution >= 4 is 17.3 Å². The van der Waals surface area contributed by atoms with E-state index < -0.39 is 0 Å². The van der Waals surface area contributed by atoms with Crippen molar-refractivity contribution < 1.29 is 9.47 Å². The molecule has 0 unspecified atom stereocenters. The molecule has 2 aromatic rings. The molecule has 0 fully saturated rings. The Morgan fingerprint density at radius 2 is 1.93 bits per heavy atom. The maximum absolute atomic E-state index is 5.49. The molecule has 158 valence electrons. The summed E-state index contributed by atoms with van der Waals surface area (Å²) in [6.45, 7) is 9.77. The maximum atomic E-state index is 5.49. The zero-order valence-electron chi connectivity index (χ0n) is 18.2. The minimum Gasteiger partial charge on any atom is -0.493 e. The number of rotatable bonds is 7. The average Bonchev–Trinajstić information content (AvgIpc) is 3.11. The van der Waals surface area contributed by atoms with E-state index in [9.17, 15) is 0 Å². The lowest BCUT2D eigenvalue weighted by Gasteiger charge is -2.32. The molecule has 3 rings (SSSR count). The van der Waals surface area contributed by atoms with Crippen LogP contribution in [0.25, 0.3) is 0 Å². The Bertz CT molecular complexity index is 863. The second-order valence-corrected chi connectivity index (χ2v) is 8.38. The Balaban J connectivity index is 1.71. The number of nitrogens with one attached hydrogen (secondary N) is 1. The summed E-state index contributed by atoms with van der Waals surface area (Å²) in [7, 11) is 3.36. The largest absolute Gasteiger partial charge is 0.493 e. The van der Waals surface area contributed by atoms with Crippen molar-refractivity contribution in [1.29, 1.82) is 0 Å². The van der Waals surface area contributed by atoms with Gasteiger partial charge in [-0.1, -0.05) is 6.92 Å². The number of aliphatic imine (C=N–C) groups is 1. The van der Waals surface area contributed by atoms with E-state index in [2.05, 4.69) is 43.1 Å². The predicted octanol–water partition coefficient (Wildman–Crippen LogP) is 3.60. The lowest BCUT2D eigenvalue weighted by Crippen LogP contribution is -2.44. The van der Waals surface area contributed by atoms with Crippen LogP contribution in [-0.4, -0.2) is 49.7 Å². The van der Waals surface area contributed by atoms with Gasteiger partial charge in [0.25, 0.3) is 0 Å². The first-order valence-electron chi connectivity index (χ1n) is 10.3. The second-order valence-electron chi connectivity index (χ2n) is 7.10. The molecule has 1 aromatic heterocycles. The van der Waals surface area contributed by atoms with E-state index in [1.165, 1.54) is 26.7 Å². The SMILES string of the molecule is CCNC(=NCCc1nc(CC)c(C)s1)N1CCc2cc(OC)c(OC)cc2C1. The van der Waals surface area contributed by atoms with Crippen LogP contribution in [0.1, 0.15) is 40.6 Å². The third-order valence-corrected chi connectivity index (χ3v) is 6.28. The monoisotopic (exact) mass is 416 g/mol. The number of hydrogen-bond donors (Lipinski definition) is 1. The predicted molar refractivity (Wildman–Crippen MR) is 120 cm³/mol. The smallest absolute Gasteiger partial charge is 0.194 e. The van der Waals surface area contributed by atoms with E-state index in [4.69, 9.17) is 19.5 Å². The molecule has 6 nitrogen and oxygen atoms in total. The zero-order chi connectivity index (χ0) is 20.8. The molecule has 0 atom stereocenters. The van der Waals surface area contributed by atoms with Crippen molar-refractivity contribution in [2.75, 3.05) is 33.9 Å². The third kappa shape index (κ3) is 5.01. The molecule has 1 aromatic carbocycles. The third-order valence-electron chi connectivity index (χ3n) is 5.21. The molecule has 1 aliphatic rings. The van der Waals surface area contributed by atoms with Crippen LogP contribution < -0.4 is 14.8 Å². The molecule has 0 radical (unpaired) electrons. The summed E-state index contributed by atoms with van der Waals surface area (Å²) in [6, 6.07) is 4.19. The summed E-state index contributed by atoms with van der Waals surface area (Å²) in [4.78, 5) is 13.3. The fourth-order valence-corrected chi connectivity index (χ4v) is 4.68. The van der Waals surface area contributed by atoms with Crippen LogP contribution in [0.3, 0.4) is 0 Å². The maximum Gasteiger partial charge on any atom is 0.194 e. The minimum absolute atomic E-state index is 0.744. The van der Waals surface area contributed by atoms with Gasteiger partial charge in [0, 0.05) is 37.5 Å². The van der Waals surface area contributed by atoms with Crippen molar-refractivity contribution in [3.63, 3.8) is 0 Å². The van der Waals surface area contributed by atoms with E-state index >= 15 is 0 Å². The highest BCUT2D eigenvalue weighted by Gasteiger charge is 2.21. The van der Waals surface area contributed by atoms with Crippen LogP contribution in [0.2, 0.25) is 0 Å². The van der Waals surface area contributed by atoms with Crippen LogP contribution >= 0.6 is 11.3 Å². The number of aromatic nitrogens is 1. The average molecular weight is 417 g/mol. The van der Waals surface area contributed by atoms with Gasteiger partial charge in [-0.25, -0.2) is 4.98 Å². The van der Waals surface area contributed by atoms with Gasteiger partial charge in [-0.15, -0.1) is 11.3 Å². The number of benzene rings is 1. The molecular weight excluding hydrogens is 384 g/mol. The molecule has 0 saturated carbocycles. The van der Waals surface area contributed by atoms with Gasteiger partial charge < -0.3 is 19.7 Å². The van der Waals surface area contributed by atoms with E-state index in [0.29, 0.717) is 0 Å². The summed E-state index contributed by atoms with van der Waals surface area (Å²) in [6.07, 6.45) is 2.84. The number of guanidine groups is 1. The fourth-order valence-electron chi connectivity index (χ4n) is 3.67. The van der Waals surface area contributed by atoms with E-state index in [1.807, 2.05) is 0 Å². The number of thiazole rings is 1. The molecule has 0 bridgehead atoms. The van der Waals surface area contributed by atoms with Gasteiger partial charge in [0.15, 0.2) is 17.5 Å². The normalized spacial score (nSPS) is 14.0. The second kappa shape index (κ2) is 9.96. The molecule has 0 saturated heterocycles. The molecule has 0 amide bonds. The van der Waals surface area contributed by atoms with Crippen molar-refractivity contribution in [3.05, 3.63) is 38.8 Å². The number of nitrogens with zero attached hydrogens (tertiary/aromatic N) is 3. The zero-order valence-corrected chi connectivity index (χ0v) is 19.0. The van der Waals surface area contributed by atoms with Crippen molar-refractivity contribution in [2.24, 2.45) is 4.99 Å². The molecule has 7 heteroatoms. The molecule has 29 heavy (non-hydrogen) atoms. The molecule has 1 aliphatic heterocycles. The van der Waals surface area contributed by atoms with E-state index in [0.717, 1.165) is 62.9 Å². The van der Waals surface area contributed by atoms with Gasteiger partial charge in [-0.3, -0.25) is 4.99 Å². The highest BCUT2D eigenvalue weighted by molar-refractivity contribution is 7.11. The minimum atomic E-state index is 0.744. The van der Waals surface area contributed by atoms with Crippen molar-refractivity contribution in [1.82, 2.24) is 15.2 Å². The standard InChI is InChI=1S/C22H32N4O2S/c1-6-18-15(3)29-21(25-18)8-10-24-22(23-7-2)26-11-9-16-12-19(27-4)20(28-5)13-17(16)14-26/h12-13H,6-11,14H2,1-5H3,(H,23,24). The first-order valence-corrected chi connectivity index (χ1v) is 11.1. The van der Waals surface area contributed by atoms with Crippen molar-refractivity contribution in [3.8, 4) is 11.5 Å². The molecule has 0 spiro atoms. The van der Waals surface area contributed by atoms with Gasteiger partial charge in [0.05, 0.1) is 24.9 Å². The summed E-state index contributed by atoms with van der Waals surface area (Å²) in [5.41, 5.74) is 3.81. The Morgan fingerprint density at radius 3 is 2.55 bits per heavy atom. The number of fused-ring (bicyclic) bond motifs is 1. The summed E-state index contributed by atoms with van der Waals surface area (Å²) < 4.78 is 10.9. The highest BCUT2D eigenvalue weighted by Crippen LogP contribution is 2.33. The summed E-state index contributed by atoms with van der Waals surface area (Å²) in [5, 5.41) is 4.63. The van der Waals surface area contributed by atoms with E-state index in [-0.39, 0.29) is 0 Å². The number of aryl methyl sites for hydroxylation is 2. The Hall–Kier alpha value is -2.28. The summed E-state index contributed by atoms with van der Waals surface area (Å²) >= 11 is 1.80. The van der Waals surface area contributed by atoms with Gasteiger partial charge >= 0.3 is 0 Å². The van der Waals surface area contributed by atoms with Gasteiger partial charge in [0.1, 0.15) is 0 Å². The Labute approximate surface area is 178 Å². The quantitative estimate of drug-likeness (QED) is 0.552. The first kappa shape index (κ1) is 21.4. The number of hydrogen-bond acceptors (Lipinski definition) is 5. The Kier molecular flexibility index (Phi) is 7.36. The summed E-state index contributed by atoms with van der Waals surface area (Å²) in [5.74, 6) is 2.54. The van der Waals surface area contributed by atoms with Crippen LogP contribution in [0, 0.1) is 6.92 Å².